The molecule has 0 saturated heterocycles. The van der Waals surface area contributed by atoms with Gasteiger partial charge in [-0.3, -0.25) is 9.69 Å². The SMILES string of the molecule is Cc1cc2cc(CN(Cc3ccco3)C(c3nnnn3Cc3ccco3)C(C)C)c(=O)[nH]c2cc1C. The number of rotatable bonds is 9. The van der Waals surface area contributed by atoms with Crippen LogP contribution in [0, 0.1) is 19.8 Å². The molecule has 5 aromatic rings. The van der Waals surface area contributed by atoms with Crippen LogP contribution in [0.1, 0.15) is 53.9 Å². The predicted molar refractivity (Wildman–Crippen MR) is 135 cm³/mol. The maximum Gasteiger partial charge on any atom is 0.252 e. The number of aryl methyl sites for hydroxylation is 2. The first kappa shape index (κ1) is 23.7. The van der Waals surface area contributed by atoms with E-state index in [9.17, 15) is 4.79 Å². The Labute approximate surface area is 208 Å². The third-order valence-electron chi connectivity index (χ3n) is 6.58. The highest BCUT2D eigenvalue weighted by Gasteiger charge is 2.31. The van der Waals surface area contributed by atoms with E-state index in [4.69, 9.17) is 8.83 Å². The highest BCUT2D eigenvalue weighted by Crippen LogP contribution is 2.30. The molecule has 0 aliphatic carbocycles. The molecule has 186 valence electrons. The summed E-state index contributed by atoms with van der Waals surface area (Å²) in [6.07, 6.45) is 3.30. The molecule has 5 rings (SSSR count). The van der Waals surface area contributed by atoms with Crippen LogP contribution < -0.4 is 5.56 Å². The van der Waals surface area contributed by atoms with Gasteiger partial charge in [-0.15, -0.1) is 5.10 Å². The molecule has 1 aromatic carbocycles. The number of H-pyrrole nitrogens is 1. The number of benzene rings is 1. The quantitative estimate of drug-likeness (QED) is 0.320. The molecule has 0 saturated carbocycles. The summed E-state index contributed by atoms with van der Waals surface area (Å²) in [5.74, 6) is 2.41. The molecular weight excluding hydrogens is 456 g/mol. The number of nitrogens with zero attached hydrogens (tertiary/aromatic N) is 5. The number of fused-ring (bicyclic) bond motifs is 1. The molecule has 0 radical (unpaired) electrons. The summed E-state index contributed by atoms with van der Waals surface area (Å²) in [4.78, 5) is 18.4. The van der Waals surface area contributed by atoms with E-state index in [1.54, 1.807) is 17.2 Å². The van der Waals surface area contributed by atoms with Crippen molar-refractivity contribution in [3.05, 3.63) is 99.4 Å². The van der Waals surface area contributed by atoms with Gasteiger partial charge in [-0.2, -0.15) is 0 Å². The molecule has 0 bridgehead atoms. The van der Waals surface area contributed by atoms with Gasteiger partial charge in [0.05, 0.1) is 25.1 Å². The maximum atomic E-state index is 13.2. The highest BCUT2D eigenvalue weighted by atomic mass is 16.3. The summed E-state index contributed by atoms with van der Waals surface area (Å²) in [5, 5.41) is 13.6. The Morgan fingerprint density at radius 1 is 1.00 bits per heavy atom. The molecule has 1 N–H and O–H groups in total. The van der Waals surface area contributed by atoms with Crippen LogP contribution in [0.2, 0.25) is 0 Å². The van der Waals surface area contributed by atoms with Crippen molar-refractivity contribution in [2.75, 3.05) is 0 Å². The topological polar surface area (TPSA) is 106 Å². The number of pyridine rings is 1. The Bertz CT molecular complexity index is 1500. The standard InChI is InChI=1S/C27H30N6O3/c1-17(2)25(26-29-30-31-33(26)16-23-8-6-10-36-23)32(15-22-7-5-9-35-22)14-21-13-20-11-18(3)19(4)12-24(20)28-27(21)34/h5-13,17,25H,14-16H2,1-4H3,(H,28,34). The smallest absolute Gasteiger partial charge is 0.252 e. The average Bonchev–Trinajstić information content (AvgIpc) is 3.61. The van der Waals surface area contributed by atoms with Crippen molar-refractivity contribution in [1.82, 2.24) is 30.1 Å². The van der Waals surface area contributed by atoms with Crippen molar-refractivity contribution in [1.29, 1.82) is 0 Å². The lowest BCUT2D eigenvalue weighted by atomic mass is 9.99. The minimum absolute atomic E-state index is 0.104. The van der Waals surface area contributed by atoms with Gasteiger partial charge >= 0.3 is 0 Å². The van der Waals surface area contributed by atoms with Gasteiger partial charge in [-0.1, -0.05) is 13.8 Å². The van der Waals surface area contributed by atoms with Crippen LogP contribution in [0.15, 0.2) is 68.6 Å². The Kier molecular flexibility index (Phi) is 6.56. The van der Waals surface area contributed by atoms with E-state index in [-0.39, 0.29) is 17.5 Å². The second-order valence-corrected chi connectivity index (χ2v) is 9.59. The largest absolute Gasteiger partial charge is 0.468 e. The fraction of sp³-hybridized carbons (Fsp3) is 0.333. The molecule has 4 aromatic heterocycles. The monoisotopic (exact) mass is 486 g/mol. The lowest BCUT2D eigenvalue weighted by Crippen LogP contribution is -2.35. The van der Waals surface area contributed by atoms with Gasteiger partial charge in [0.1, 0.15) is 18.1 Å². The van der Waals surface area contributed by atoms with Gasteiger partial charge in [0, 0.05) is 17.6 Å². The maximum absolute atomic E-state index is 13.2. The zero-order valence-corrected chi connectivity index (χ0v) is 20.9. The zero-order valence-electron chi connectivity index (χ0n) is 20.9. The normalized spacial score (nSPS) is 12.7. The van der Waals surface area contributed by atoms with Crippen LogP contribution in [0.4, 0.5) is 0 Å². The summed E-state index contributed by atoms with van der Waals surface area (Å²) in [6.45, 7) is 9.69. The van der Waals surface area contributed by atoms with Crippen LogP contribution in [0.25, 0.3) is 10.9 Å². The van der Waals surface area contributed by atoms with Gasteiger partial charge in [0.15, 0.2) is 5.82 Å². The number of furan rings is 2. The molecular formula is C27H30N6O3. The highest BCUT2D eigenvalue weighted by molar-refractivity contribution is 5.80. The Morgan fingerprint density at radius 2 is 1.72 bits per heavy atom. The second-order valence-electron chi connectivity index (χ2n) is 9.59. The molecule has 0 amide bonds. The van der Waals surface area contributed by atoms with Crippen LogP contribution in [-0.2, 0) is 19.6 Å². The van der Waals surface area contributed by atoms with Crippen LogP contribution in [-0.4, -0.2) is 30.1 Å². The number of hydrogen-bond acceptors (Lipinski definition) is 7. The molecule has 0 aliphatic rings. The Hall–Kier alpha value is -3.98. The number of tetrazole rings is 1. The van der Waals surface area contributed by atoms with E-state index in [2.05, 4.69) is 52.2 Å². The van der Waals surface area contributed by atoms with E-state index in [0.29, 0.717) is 31.0 Å². The van der Waals surface area contributed by atoms with E-state index in [1.807, 2.05) is 43.3 Å². The van der Waals surface area contributed by atoms with Crippen molar-refractivity contribution >= 4 is 10.9 Å². The Morgan fingerprint density at radius 3 is 2.42 bits per heavy atom. The minimum Gasteiger partial charge on any atom is -0.468 e. The molecule has 0 aliphatic heterocycles. The first-order chi connectivity index (χ1) is 17.4. The van der Waals surface area contributed by atoms with Gasteiger partial charge in [-0.25, -0.2) is 4.68 Å². The number of nitrogens with one attached hydrogen (secondary N) is 1. The van der Waals surface area contributed by atoms with E-state index in [0.717, 1.165) is 28.0 Å². The van der Waals surface area contributed by atoms with Crippen molar-refractivity contribution < 1.29 is 8.83 Å². The molecule has 0 spiro atoms. The molecule has 4 heterocycles. The summed E-state index contributed by atoms with van der Waals surface area (Å²) in [7, 11) is 0. The van der Waals surface area contributed by atoms with Crippen LogP contribution in [0.5, 0.6) is 0 Å². The fourth-order valence-electron chi connectivity index (χ4n) is 4.68. The van der Waals surface area contributed by atoms with E-state index < -0.39 is 0 Å². The van der Waals surface area contributed by atoms with Crippen LogP contribution >= 0.6 is 0 Å². The second kappa shape index (κ2) is 9.94. The third-order valence-corrected chi connectivity index (χ3v) is 6.58. The van der Waals surface area contributed by atoms with Gasteiger partial charge in [0.25, 0.3) is 5.56 Å². The fourth-order valence-corrected chi connectivity index (χ4v) is 4.68. The summed E-state index contributed by atoms with van der Waals surface area (Å²) in [5.41, 5.74) is 3.74. The minimum atomic E-state index is -0.185. The van der Waals surface area contributed by atoms with Crippen molar-refractivity contribution in [3.8, 4) is 0 Å². The van der Waals surface area contributed by atoms with Crippen LogP contribution in [0.3, 0.4) is 0 Å². The Balaban J connectivity index is 1.55. The summed E-state index contributed by atoms with van der Waals surface area (Å²) in [6, 6.07) is 13.5. The molecule has 1 unspecified atom stereocenters. The van der Waals surface area contributed by atoms with Crippen molar-refractivity contribution in [2.45, 2.75) is 53.4 Å². The zero-order chi connectivity index (χ0) is 25.2. The third kappa shape index (κ3) is 4.87. The summed E-state index contributed by atoms with van der Waals surface area (Å²) >= 11 is 0. The van der Waals surface area contributed by atoms with E-state index in [1.165, 1.54) is 5.56 Å². The number of hydrogen-bond donors (Lipinski definition) is 1. The number of aromatic amines is 1. The molecule has 1 atom stereocenters. The van der Waals surface area contributed by atoms with Gasteiger partial charge < -0.3 is 13.8 Å². The average molecular weight is 487 g/mol. The first-order valence-corrected chi connectivity index (χ1v) is 12.1. The van der Waals surface area contributed by atoms with Crippen molar-refractivity contribution in [2.24, 2.45) is 5.92 Å². The van der Waals surface area contributed by atoms with Crippen molar-refractivity contribution in [3.63, 3.8) is 0 Å². The molecule has 9 nitrogen and oxygen atoms in total. The lowest BCUT2D eigenvalue weighted by molar-refractivity contribution is 0.116. The molecule has 9 heteroatoms. The van der Waals surface area contributed by atoms with Gasteiger partial charge in [0.2, 0.25) is 0 Å². The lowest BCUT2D eigenvalue weighted by Gasteiger charge is -2.32. The summed E-state index contributed by atoms with van der Waals surface area (Å²) < 4.78 is 13.0. The first-order valence-electron chi connectivity index (χ1n) is 12.1. The number of aromatic nitrogens is 5. The van der Waals surface area contributed by atoms with E-state index >= 15 is 0 Å². The van der Waals surface area contributed by atoms with Gasteiger partial charge in [-0.05, 0) is 89.2 Å². The molecule has 0 fully saturated rings. The molecule has 36 heavy (non-hydrogen) atoms. The predicted octanol–water partition coefficient (Wildman–Crippen LogP) is 4.77.